The third-order valence-corrected chi connectivity index (χ3v) is 5.11. The van der Waals surface area contributed by atoms with Crippen molar-refractivity contribution in [2.75, 3.05) is 0 Å². The molecule has 1 aliphatic carbocycles. The summed E-state index contributed by atoms with van der Waals surface area (Å²) in [5, 5.41) is 6.94. The first-order valence-corrected chi connectivity index (χ1v) is 8.15. The lowest BCUT2D eigenvalue weighted by atomic mass is 9.83. The highest BCUT2D eigenvalue weighted by Crippen LogP contribution is 2.27. The van der Waals surface area contributed by atoms with Crippen LogP contribution in [0.2, 0.25) is 0 Å². The van der Waals surface area contributed by atoms with E-state index in [0.717, 1.165) is 37.2 Å². The molecule has 0 aromatic carbocycles. The van der Waals surface area contributed by atoms with Gasteiger partial charge >= 0.3 is 0 Å². The standard InChI is InChI=1S/C13H20N4OS2/c1-9-10(20-17-16-9)11(18)15-13(12(14)19)7-5-3-2-4-6-8-13/h2-8H2,1H3,(H2,14,19)(H,15,18). The van der Waals surface area contributed by atoms with Crippen LogP contribution in [0.25, 0.3) is 0 Å². The van der Waals surface area contributed by atoms with Crippen molar-refractivity contribution in [3.05, 3.63) is 10.6 Å². The van der Waals surface area contributed by atoms with Crippen molar-refractivity contribution >= 4 is 34.6 Å². The van der Waals surface area contributed by atoms with Gasteiger partial charge < -0.3 is 11.1 Å². The maximum atomic E-state index is 12.4. The predicted molar refractivity (Wildman–Crippen MR) is 83.9 cm³/mol. The van der Waals surface area contributed by atoms with Gasteiger partial charge in [-0.3, -0.25) is 4.79 Å². The van der Waals surface area contributed by atoms with E-state index in [1.807, 2.05) is 0 Å². The van der Waals surface area contributed by atoms with E-state index in [1.165, 1.54) is 19.3 Å². The molecule has 0 saturated heterocycles. The number of nitrogens with one attached hydrogen (secondary N) is 1. The summed E-state index contributed by atoms with van der Waals surface area (Å²) >= 11 is 6.36. The van der Waals surface area contributed by atoms with Crippen LogP contribution in [0.3, 0.4) is 0 Å². The summed E-state index contributed by atoms with van der Waals surface area (Å²) in [5.74, 6) is -0.161. The fourth-order valence-electron chi connectivity index (χ4n) is 2.66. The molecule has 20 heavy (non-hydrogen) atoms. The summed E-state index contributed by atoms with van der Waals surface area (Å²) in [6.45, 7) is 1.78. The number of carbonyl (C=O) groups excluding carboxylic acids is 1. The Hall–Kier alpha value is -1.08. The molecule has 1 aromatic rings. The maximum Gasteiger partial charge on any atom is 0.265 e. The molecule has 3 N–H and O–H groups in total. The number of aromatic nitrogens is 2. The largest absolute Gasteiger partial charge is 0.391 e. The monoisotopic (exact) mass is 312 g/mol. The molecule has 7 heteroatoms. The molecule has 1 aromatic heterocycles. The van der Waals surface area contributed by atoms with Crippen LogP contribution in [0.15, 0.2) is 0 Å². The summed E-state index contributed by atoms with van der Waals surface area (Å²) in [7, 11) is 0. The van der Waals surface area contributed by atoms with E-state index >= 15 is 0 Å². The fourth-order valence-corrected chi connectivity index (χ4v) is 3.46. The molecule has 110 valence electrons. The molecule has 0 atom stereocenters. The van der Waals surface area contributed by atoms with Gasteiger partial charge in [0.25, 0.3) is 5.91 Å². The first kappa shape index (κ1) is 15.3. The van der Waals surface area contributed by atoms with Gasteiger partial charge in [-0.05, 0) is 31.3 Å². The van der Waals surface area contributed by atoms with Crippen LogP contribution >= 0.6 is 23.8 Å². The van der Waals surface area contributed by atoms with E-state index in [1.54, 1.807) is 6.92 Å². The van der Waals surface area contributed by atoms with Crippen LogP contribution in [-0.2, 0) is 0 Å². The van der Waals surface area contributed by atoms with Crippen molar-refractivity contribution in [2.45, 2.75) is 57.4 Å². The summed E-state index contributed by atoms with van der Waals surface area (Å²) in [5.41, 5.74) is 6.05. The Balaban J connectivity index is 2.17. The van der Waals surface area contributed by atoms with Crippen LogP contribution in [0, 0.1) is 6.92 Å². The molecule has 0 spiro atoms. The van der Waals surface area contributed by atoms with Crippen molar-refractivity contribution in [3.8, 4) is 0 Å². The molecule has 1 amide bonds. The topological polar surface area (TPSA) is 80.9 Å². The van der Waals surface area contributed by atoms with Gasteiger partial charge in [-0.1, -0.05) is 48.8 Å². The molecule has 0 bridgehead atoms. The maximum absolute atomic E-state index is 12.4. The Morgan fingerprint density at radius 1 is 1.30 bits per heavy atom. The fraction of sp³-hybridized carbons (Fsp3) is 0.692. The normalized spacial score (nSPS) is 18.9. The molecule has 1 saturated carbocycles. The number of aryl methyl sites for hydroxylation is 1. The highest BCUT2D eigenvalue weighted by Gasteiger charge is 2.35. The van der Waals surface area contributed by atoms with Crippen LogP contribution in [0.5, 0.6) is 0 Å². The lowest BCUT2D eigenvalue weighted by Crippen LogP contribution is -2.57. The van der Waals surface area contributed by atoms with E-state index in [2.05, 4.69) is 14.9 Å². The molecule has 0 unspecified atom stereocenters. The summed E-state index contributed by atoms with van der Waals surface area (Å²) in [6, 6.07) is 0. The molecular formula is C13H20N4OS2. The minimum Gasteiger partial charge on any atom is -0.391 e. The lowest BCUT2D eigenvalue weighted by molar-refractivity contribution is 0.0916. The lowest BCUT2D eigenvalue weighted by Gasteiger charge is -2.35. The minimum absolute atomic E-state index is 0.161. The van der Waals surface area contributed by atoms with E-state index in [-0.39, 0.29) is 5.91 Å². The van der Waals surface area contributed by atoms with Gasteiger partial charge in [0.05, 0.1) is 16.2 Å². The number of amides is 1. The second-order valence-electron chi connectivity index (χ2n) is 5.36. The van der Waals surface area contributed by atoms with Crippen molar-refractivity contribution in [2.24, 2.45) is 5.73 Å². The highest BCUT2D eigenvalue weighted by molar-refractivity contribution is 7.80. The summed E-state index contributed by atoms with van der Waals surface area (Å²) in [4.78, 5) is 13.3. The number of nitrogens with two attached hydrogens (primary N) is 1. The van der Waals surface area contributed by atoms with Gasteiger partial charge in [-0.2, -0.15) is 0 Å². The zero-order valence-corrected chi connectivity index (χ0v) is 13.3. The number of nitrogens with zero attached hydrogens (tertiary/aromatic N) is 2. The van der Waals surface area contributed by atoms with Crippen LogP contribution in [0.4, 0.5) is 0 Å². The predicted octanol–water partition coefficient (Wildman–Crippen LogP) is 2.35. The van der Waals surface area contributed by atoms with E-state index in [4.69, 9.17) is 18.0 Å². The van der Waals surface area contributed by atoms with Crippen molar-refractivity contribution in [1.82, 2.24) is 14.9 Å². The number of hydrogen-bond donors (Lipinski definition) is 2. The van der Waals surface area contributed by atoms with E-state index in [9.17, 15) is 4.79 Å². The molecule has 1 aliphatic rings. The SMILES string of the molecule is Cc1nnsc1C(=O)NC1(C(N)=S)CCCCCCC1. The van der Waals surface area contributed by atoms with Gasteiger partial charge in [0.2, 0.25) is 0 Å². The van der Waals surface area contributed by atoms with Crippen molar-refractivity contribution in [3.63, 3.8) is 0 Å². The van der Waals surface area contributed by atoms with Gasteiger partial charge in [0.1, 0.15) is 4.88 Å². The molecule has 0 radical (unpaired) electrons. The highest BCUT2D eigenvalue weighted by atomic mass is 32.1. The van der Waals surface area contributed by atoms with Crippen LogP contribution in [0.1, 0.15) is 60.3 Å². The minimum atomic E-state index is -0.552. The Morgan fingerprint density at radius 2 is 1.90 bits per heavy atom. The third-order valence-electron chi connectivity index (χ3n) is 3.89. The first-order valence-electron chi connectivity index (χ1n) is 6.96. The average Bonchev–Trinajstić information content (AvgIpc) is 2.78. The second kappa shape index (κ2) is 6.58. The average molecular weight is 312 g/mol. The van der Waals surface area contributed by atoms with Crippen molar-refractivity contribution < 1.29 is 4.79 Å². The first-order chi connectivity index (χ1) is 9.55. The number of carbonyl (C=O) groups is 1. The van der Waals surface area contributed by atoms with E-state index in [0.29, 0.717) is 15.6 Å². The summed E-state index contributed by atoms with van der Waals surface area (Å²) in [6.07, 6.45) is 7.30. The third kappa shape index (κ3) is 3.32. The molecule has 5 nitrogen and oxygen atoms in total. The second-order valence-corrected chi connectivity index (χ2v) is 6.55. The Morgan fingerprint density at radius 3 is 2.40 bits per heavy atom. The van der Waals surface area contributed by atoms with Crippen molar-refractivity contribution in [1.29, 1.82) is 0 Å². The zero-order valence-electron chi connectivity index (χ0n) is 11.6. The Kier molecular flexibility index (Phi) is 5.04. The smallest absolute Gasteiger partial charge is 0.265 e. The summed E-state index contributed by atoms with van der Waals surface area (Å²) < 4.78 is 3.80. The van der Waals surface area contributed by atoms with Gasteiger partial charge in [-0.25, -0.2) is 0 Å². The molecule has 1 fully saturated rings. The van der Waals surface area contributed by atoms with Crippen LogP contribution in [-0.4, -0.2) is 26.0 Å². The number of rotatable bonds is 3. The van der Waals surface area contributed by atoms with E-state index < -0.39 is 5.54 Å². The Labute approximate surface area is 128 Å². The van der Waals surface area contributed by atoms with Gasteiger partial charge in [0.15, 0.2) is 0 Å². The quantitative estimate of drug-likeness (QED) is 0.837. The van der Waals surface area contributed by atoms with Gasteiger partial charge in [0, 0.05) is 0 Å². The Bertz CT molecular complexity index is 492. The molecule has 1 heterocycles. The van der Waals surface area contributed by atoms with Gasteiger partial charge in [-0.15, -0.1) is 5.10 Å². The number of hydrogen-bond acceptors (Lipinski definition) is 5. The molecular weight excluding hydrogens is 292 g/mol. The zero-order chi connectivity index (χ0) is 14.6. The van der Waals surface area contributed by atoms with Crippen LogP contribution < -0.4 is 11.1 Å². The molecule has 2 rings (SSSR count). The molecule has 0 aliphatic heterocycles. The number of thiocarbonyl (C=S) groups is 1.